The Hall–Kier alpha value is -3.12. The van der Waals surface area contributed by atoms with Crippen LogP contribution in [0.1, 0.15) is 26.3 Å². The third-order valence-corrected chi connectivity index (χ3v) is 5.02. The number of para-hydroxylation sites is 1. The van der Waals surface area contributed by atoms with E-state index in [0.717, 1.165) is 31.7 Å². The quantitative estimate of drug-likeness (QED) is 0.846. The fourth-order valence-electron chi connectivity index (χ4n) is 3.40. The number of Topliss-reactive ketones (excluding diaryl/α,β-unsaturated/α-hetero) is 1. The number of carbonyl (C=O) groups excluding carboxylic acids is 2. The van der Waals surface area contributed by atoms with Gasteiger partial charge in [0.25, 0.3) is 5.91 Å². The van der Waals surface area contributed by atoms with E-state index in [1.807, 2.05) is 12.1 Å². The molecule has 6 nitrogen and oxygen atoms in total. The SMILES string of the molecule is CN1CCN(c2ccc(/C=C3\Oc4c(C(N)=O)cccc4C3=O)cc2)CC1. The highest BCUT2D eigenvalue weighted by molar-refractivity contribution is 6.16. The molecule has 2 aromatic carbocycles. The second-order valence-corrected chi connectivity index (χ2v) is 6.87. The van der Waals surface area contributed by atoms with Crippen LogP contribution in [0.5, 0.6) is 5.75 Å². The van der Waals surface area contributed by atoms with E-state index in [9.17, 15) is 9.59 Å². The number of piperazine rings is 1. The van der Waals surface area contributed by atoms with E-state index in [1.54, 1.807) is 24.3 Å². The third-order valence-electron chi connectivity index (χ3n) is 5.02. The van der Waals surface area contributed by atoms with E-state index in [4.69, 9.17) is 10.5 Å². The first-order valence-corrected chi connectivity index (χ1v) is 8.93. The van der Waals surface area contributed by atoms with Gasteiger partial charge in [0.1, 0.15) is 0 Å². The number of amides is 1. The summed E-state index contributed by atoms with van der Waals surface area (Å²) in [6, 6.07) is 12.9. The van der Waals surface area contributed by atoms with Crippen LogP contribution >= 0.6 is 0 Å². The zero-order valence-corrected chi connectivity index (χ0v) is 15.1. The predicted octanol–water partition coefficient (Wildman–Crippen LogP) is 2.15. The molecule has 0 bridgehead atoms. The second kappa shape index (κ2) is 6.89. The number of ether oxygens (including phenoxy) is 1. The van der Waals surface area contributed by atoms with Gasteiger partial charge in [-0.25, -0.2) is 0 Å². The maximum absolute atomic E-state index is 12.6. The van der Waals surface area contributed by atoms with Gasteiger partial charge in [0.15, 0.2) is 11.5 Å². The Balaban J connectivity index is 1.55. The van der Waals surface area contributed by atoms with Crippen LogP contribution in [-0.2, 0) is 0 Å². The first-order valence-electron chi connectivity index (χ1n) is 8.93. The minimum absolute atomic E-state index is 0.200. The van der Waals surface area contributed by atoms with Crippen LogP contribution in [0.15, 0.2) is 48.2 Å². The number of primary amides is 1. The van der Waals surface area contributed by atoms with Gasteiger partial charge in [0.2, 0.25) is 5.78 Å². The molecule has 0 aromatic heterocycles. The monoisotopic (exact) mass is 363 g/mol. The Bertz CT molecular complexity index is 926. The molecule has 2 N–H and O–H groups in total. The fourth-order valence-corrected chi connectivity index (χ4v) is 3.40. The van der Waals surface area contributed by atoms with E-state index >= 15 is 0 Å². The van der Waals surface area contributed by atoms with Crippen molar-refractivity contribution in [3.63, 3.8) is 0 Å². The summed E-state index contributed by atoms with van der Waals surface area (Å²) >= 11 is 0. The van der Waals surface area contributed by atoms with E-state index in [1.165, 1.54) is 5.69 Å². The lowest BCUT2D eigenvalue weighted by molar-refractivity contribution is 0.0991. The van der Waals surface area contributed by atoms with Crippen LogP contribution in [0.3, 0.4) is 0 Å². The number of allylic oxidation sites excluding steroid dienone is 1. The molecule has 2 aliphatic heterocycles. The molecule has 6 heteroatoms. The molecule has 0 aliphatic carbocycles. The van der Waals surface area contributed by atoms with E-state index in [0.29, 0.717) is 5.56 Å². The molecule has 0 saturated carbocycles. The molecule has 0 unspecified atom stereocenters. The maximum atomic E-state index is 12.6. The van der Waals surface area contributed by atoms with Crippen molar-refractivity contribution in [1.82, 2.24) is 4.90 Å². The number of nitrogens with two attached hydrogens (primary N) is 1. The van der Waals surface area contributed by atoms with Gasteiger partial charge in [0, 0.05) is 31.9 Å². The van der Waals surface area contributed by atoms with Gasteiger partial charge < -0.3 is 20.3 Å². The van der Waals surface area contributed by atoms with E-state index < -0.39 is 5.91 Å². The number of hydrogen-bond acceptors (Lipinski definition) is 5. The molecule has 2 heterocycles. The lowest BCUT2D eigenvalue weighted by atomic mass is 10.1. The standard InChI is InChI=1S/C21H21N3O3/c1-23-9-11-24(12-10-23)15-7-5-14(6-8-15)13-18-19(25)16-3-2-4-17(21(22)26)20(16)27-18/h2-8,13H,9-12H2,1H3,(H2,22,26)/b18-13-. The van der Waals surface area contributed by atoms with Crippen LogP contribution in [0.4, 0.5) is 5.69 Å². The summed E-state index contributed by atoms with van der Waals surface area (Å²) in [6.07, 6.45) is 1.70. The molecule has 0 spiro atoms. The van der Waals surface area contributed by atoms with Gasteiger partial charge in [-0.3, -0.25) is 9.59 Å². The number of likely N-dealkylation sites (N-methyl/N-ethyl adjacent to an activating group) is 1. The van der Waals surface area contributed by atoms with Crippen LogP contribution in [0.2, 0.25) is 0 Å². The lowest BCUT2D eigenvalue weighted by Crippen LogP contribution is -2.44. The minimum atomic E-state index is -0.613. The minimum Gasteiger partial charge on any atom is -0.452 e. The Morgan fingerprint density at radius 2 is 1.78 bits per heavy atom. The molecular weight excluding hydrogens is 342 g/mol. The molecule has 1 amide bonds. The topological polar surface area (TPSA) is 75.9 Å². The number of anilines is 1. The maximum Gasteiger partial charge on any atom is 0.252 e. The zero-order chi connectivity index (χ0) is 19.0. The average molecular weight is 363 g/mol. The molecule has 4 rings (SSSR count). The van der Waals surface area contributed by atoms with Crippen molar-refractivity contribution in [2.75, 3.05) is 38.1 Å². The van der Waals surface area contributed by atoms with Crippen molar-refractivity contribution in [3.8, 4) is 5.75 Å². The molecule has 1 saturated heterocycles. The van der Waals surface area contributed by atoms with Gasteiger partial charge in [-0.1, -0.05) is 18.2 Å². The molecule has 0 radical (unpaired) electrons. The summed E-state index contributed by atoms with van der Waals surface area (Å²) in [7, 11) is 2.13. The highest BCUT2D eigenvalue weighted by atomic mass is 16.5. The second-order valence-electron chi connectivity index (χ2n) is 6.87. The van der Waals surface area contributed by atoms with E-state index in [2.05, 4.69) is 29.0 Å². The van der Waals surface area contributed by atoms with Crippen molar-refractivity contribution in [2.24, 2.45) is 5.73 Å². The zero-order valence-electron chi connectivity index (χ0n) is 15.1. The van der Waals surface area contributed by atoms with E-state index in [-0.39, 0.29) is 22.9 Å². The Morgan fingerprint density at radius 1 is 1.07 bits per heavy atom. The third kappa shape index (κ3) is 3.31. The van der Waals surface area contributed by atoms with Crippen molar-refractivity contribution in [1.29, 1.82) is 0 Å². The number of hydrogen-bond donors (Lipinski definition) is 1. The Morgan fingerprint density at radius 3 is 2.44 bits per heavy atom. The highest BCUT2D eigenvalue weighted by Crippen LogP contribution is 2.35. The van der Waals surface area contributed by atoms with Crippen LogP contribution in [0.25, 0.3) is 6.08 Å². The summed E-state index contributed by atoms with van der Waals surface area (Å²) in [4.78, 5) is 28.8. The molecule has 27 heavy (non-hydrogen) atoms. The van der Waals surface area contributed by atoms with Gasteiger partial charge in [-0.2, -0.15) is 0 Å². The highest BCUT2D eigenvalue weighted by Gasteiger charge is 2.30. The molecular formula is C21H21N3O3. The van der Waals surface area contributed by atoms with Crippen molar-refractivity contribution in [2.45, 2.75) is 0 Å². The predicted molar refractivity (Wildman–Crippen MR) is 104 cm³/mol. The Kier molecular flexibility index (Phi) is 4.41. The molecule has 1 fully saturated rings. The van der Waals surface area contributed by atoms with Crippen LogP contribution in [-0.4, -0.2) is 49.8 Å². The largest absolute Gasteiger partial charge is 0.452 e. The number of fused-ring (bicyclic) bond motifs is 1. The summed E-state index contributed by atoms with van der Waals surface area (Å²) in [5, 5.41) is 0. The summed E-state index contributed by atoms with van der Waals surface area (Å²) < 4.78 is 5.67. The van der Waals surface area contributed by atoms with Crippen molar-refractivity contribution >= 4 is 23.5 Å². The molecule has 0 atom stereocenters. The van der Waals surface area contributed by atoms with Crippen LogP contribution < -0.4 is 15.4 Å². The van der Waals surface area contributed by atoms with Gasteiger partial charge >= 0.3 is 0 Å². The lowest BCUT2D eigenvalue weighted by Gasteiger charge is -2.34. The first-order chi connectivity index (χ1) is 13.0. The van der Waals surface area contributed by atoms with Gasteiger partial charge in [0.05, 0.1) is 11.1 Å². The number of benzene rings is 2. The Labute approximate surface area is 157 Å². The van der Waals surface area contributed by atoms with Gasteiger partial charge in [-0.15, -0.1) is 0 Å². The number of rotatable bonds is 3. The first kappa shape index (κ1) is 17.3. The van der Waals surface area contributed by atoms with Gasteiger partial charge in [-0.05, 0) is 43.0 Å². The van der Waals surface area contributed by atoms with Crippen molar-refractivity contribution in [3.05, 3.63) is 64.9 Å². The summed E-state index contributed by atoms with van der Waals surface area (Å²) in [5.74, 6) is -0.407. The fraction of sp³-hybridized carbons (Fsp3) is 0.238. The molecule has 2 aromatic rings. The smallest absolute Gasteiger partial charge is 0.252 e. The normalized spacial score (nSPS) is 18.5. The number of ketones is 1. The van der Waals surface area contributed by atoms with Crippen LogP contribution in [0, 0.1) is 0 Å². The summed E-state index contributed by atoms with van der Waals surface area (Å²) in [5.41, 5.74) is 7.99. The number of nitrogens with zero attached hydrogens (tertiary/aromatic N) is 2. The molecule has 138 valence electrons. The number of carbonyl (C=O) groups is 2. The molecule has 2 aliphatic rings. The average Bonchev–Trinajstić information content (AvgIpc) is 2.99. The van der Waals surface area contributed by atoms with Crippen molar-refractivity contribution < 1.29 is 14.3 Å². The summed E-state index contributed by atoms with van der Waals surface area (Å²) in [6.45, 7) is 4.11.